The van der Waals surface area contributed by atoms with E-state index in [0.717, 1.165) is 0 Å². The van der Waals surface area contributed by atoms with Crippen LogP contribution in [0.25, 0.3) is 16.6 Å². The summed E-state index contributed by atoms with van der Waals surface area (Å²) in [5, 5.41) is 6.72. The Morgan fingerprint density at radius 2 is 1.97 bits per heavy atom. The molecular weight excluding hydrogens is 461 g/mol. The van der Waals surface area contributed by atoms with Crippen LogP contribution in [0.3, 0.4) is 0 Å². The molecule has 0 spiro atoms. The fraction of sp³-hybridized carbons (Fsp3) is 0.174. The minimum atomic E-state index is -0.613. The van der Waals surface area contributed by atoms with Gasteiger partial charge in [0.2, 0.25) is 0 Å². The smallest absolute Gasteiger partial charge is 0.267 e. The molecule has 9 nitrogen and oxygen atoms in total. The molecule has 4 aromatic rings. The Hall–Kier alpha value is -4.05. The van der Waals surface area contributed by atoms with Crippen LogP contribution in [0.5, 0.6) is 0 Å². The van der Waals surface area contributed by atoms with Crippen molar-refractivity contribution in [1.82, 2.24) is 24.4 Å². The summed E-state index contributed by atoms with van der Waals surface area (Å²) >= 11 is 6.31. The molecular formula is C23H19ClFN7O2. The van der Waals surface area contributed by atoms with E-state index in [1.165, 1.54) is 34.0 Å². The largest absolute Gasteiger partial charge is 0.360 e. The quantitative estimate of drug-likeness (QED) is 0.460. The number of carbonyl (C=O) groups is 1. The first kappa shape index (κ1) is 21.8. The maximum absolute atomic E-state index is 14.1. The van der Waals surface area contributed by atoms with Crippen LogP contribution in [0.15, 0.2) is 53.6 Å². The zero-order chi connectivity index (χ0) is 24.0. The number of hydrogen-bond acceptors (Lipinski definition) is 7. The van der Waals surface area contributed by atoms with Crippen molar-refractivity contribution in [2.45, 2.75) is 13.0 Å². The number of fused-ring (bicyclic) bond motifs is 2. The number of aromatic nitrogens is 4. The van der Waals surface area contributed by atoms with Crippen LogP contribution in [-0.4, -0.2) is 44.0 Å². The molecule has 5 rings (SSSR count). The summed E-state index contributed by atoms with van der Waals surface area (Å²) in [5.41, 5.74) is 0.541. The van der Waals surface area contributed by atoms with Gasteiger partial charge in [0.05, 0.1) is 34.3 Å². The Morgan fingerprint density at radius 3 is 2.76 bits per heavy atom. The fourth-order valence-electron chi connectivity index (χ4n) is 3.92. The first-order valence-electron chi connectivity index (χ1n) is 10.4. The Morgan fingerprint density at radius 1 is 1.18 bits per heavy atom. The second-order valence-corrected chi connectivity index (χ2v) is 8.28. The molecule has 11 heteroatoms. The predicted octanol–water partition coefficient (Wildman–Crippen LogP) is 3.60. The predicted molar refractivity (Wildman–Crippen MR) is 127 cm³/mol. The number of halogens is 2. The van der Waals surface area contributed by atoms with E-state index >= 15 is 0 Å². The molecule has 2 aromatic carbocycles. The second kappa shape index (κ2) is 8.38. The number of nitrogens with zero attached hydrogens (tertiary/aromatic N) is 5. The molecule has 0 bridgehead atoms. The number of hydrogen-bond donors (Lipinski definition) is 2. The summed E-state index contributed by atoms with van der Waals surface area (Å²) in [5.74, 6) is 0.244. The molecule has 0 saturated carbocycles. The van der Waals surface area contributed by atoms with Crippen molar-refractivity contribution >= 4 is 40.0 Å². The highest BCUT2D eigenvalue weighted by Gasteiger charge is 2.28. The first-order valence-corrected chi connectivity index (χ1v) is 10.8. The minimum absolute atomic E-state index is 0.227. The van der Waals surface area contributed by atoms with E-state index in [9.17, 15) is 14.0 Å². The standard InChI is InChI=1S/C23H19ClFN7O2/c1-12(29-20-18-19(26-10-27-20)28-11-31(2)22(18)33)21-30-16-8-4-7-15(24)17(16)23(34)32(21)14-6-3-5-13(25)9-14/h3-10,12H,11H2,1-2H3,(H2,26,27,28,29)/t12-/m0/s1. The van der Waals surface area contributed by atoms with Crippen molar-refractivity contribution in [3.05, 3.63) is 81.4 Å². The van der Waals surface area contributed by atoms with Gasteiger partial charge in [0, 0.05) is 7.05 Å². The van der Waals surface area contributed by atoms with Crippen LogP contribution in [0.2, 0.25) is 5.02 Å². The highest BCUT2D eigenvalue weighted by atomic mass is 35.5. The zero-order valence-electron chi connectivity index (χ0n) is 18.2. The normalized spacial score (nSPS) is 14.0. The topological polar surface area (TPSA) is 105 Å². The van der Waals surface area contributed by atoms with Crippen molar-refractivity contribution in [1.29, 1.82) is 0 Å². The summed E-state index contributed by atoms with van der Waals surface area (Å²) in [4.78, 5) is 40.9. The lowest BCUT2D eigenvalue weighted by atomic mass is 10.1. The Labute approximate surface area is 198 Å². The number of nitrogens with one attached hydrogen (secondary N) is 2. The third kappa shape index (κ3) is 3.61. The number of benzene rings is 2. The molecule has 0 saturated heterocycles. The van der Waals surface area contributed by atoms with Crippen LogP contribution in [0.4, 0.5) is 16.0 Å². The molecule has 0 fully saturated rings. The minimum Gasteiger partial charge on any atom is -0.360 e. The van der Waals surface area contributed by atoms with Crippen LogP contribution < -0.4 is 16.2 Å². The number of carbonyl (C=O) groups excluding carboxylic acids is 1. The fourth-order valence-corrected chi connectivity index (χ4v) is 4.17. The van der Waals surface area contributed by atoms with Crippen LogP contribution in [-0.2, 0) is 0 Å². The van der Waals surface area contributed by atoms with E-state index in [1.54, 1.807) is 38.2 Å². The Balaban J connectivity index is 1.68. The summed E-state index contributed by atoms with van der Waals surface area (Å²) in [6.45, 7) is 2.09. The lowest BCUT2D eigenvalue weighted by Crippen LogP contribution is -2.38. The van der Waals surface area contributed by atoms with E-state index in [1.807, 2.05) is 0 Å². The maximum atomic E-state index is 14.1. The van der Waals surface area contributed by atoms with Crippen LogP contribution in [0, 0.1) is 5.82 Å². The highest BCUT2D eigenvalue weighted by Crippen LogP contribution is 2.29. The van der Waals surface area contributed by atoms with E-state index in [0.29, 0.717) is 29.5 Å². The summed E-state index contributed by atoms with van der Waals surface area (Å²) < 4.78 is 15.4. The highest BCUT2D eigenvalue weighted by molar-refractivity contribution is 6.35. The van der Waals surface area contributed by atoms with Gasteiger partial charge in [0.25, 0.3) is 11.5 Å². The molecule has 0 radical (unpaired) electrons. The van der Waals surface area contributed by atoms with Crippen molar-refractivity contribution in [2.24, 2.45) is 0 Å². The van der Waals surface area contributed by atoms with Crippen molar-refractivity contribution < 1.29 is 9.18 Å². The van der Waals surface area contributed by atoms with Crippen LogP contribution >= 0.6 is 11.6 Å². The van der Waals surface area contributed by atoms with Gasteiger partial charge in [-0.1, -0.05) is 23.7 Å². The monoisotopic (exact) mass is 479 g/mol. The van der Waals surface area contributed by atoms with Gasteiger partial charge in [-0.05, 0) is 37.3 Å². The molecule has 1 aliphatic heterocycles. The van der Waals surface area contributed by atoms with E-state index < -0.39 is 17.4 Å². The number of rotatable bonds is 4. The lowest BCUT2D eigenvalue weighted by molar-refractivity contribution is 0.0796. The molecule has 1 atom stereocenters. The van der Waals surface area contributed by atoms with Crippen molar-refractivity contribution in [3.63, 3.8) is 0 Å². The number of anilines is 2. The molecule has 0 unspecified atom stereocenters. The van der Waals surface area contributed by atoms with Gasteiger partial charge in [-0.2, -0.15) is 0 Å². The third-order valence-corrected chi connectivity index (χ3v) is 5.89. The van der Waals surface area contributed by atoms with Gasteiger partial charge in [-0.3, -0.25) is 14.2 Å². The molecule has 34 heavy (non-hydrogen) atoms. The van der Waals surface area contributed by atoms with E-state index in [4.69, 9.17) is 11.6 Å². The zero-order valence-corrected chi connectivity index (χ0v) is 19.0. The maximum Gasteiger partial charge on any atom is 0.267 e. The van der Waals surface area contributed by atoms with Crippen LogP contribution in [0.1, 0.15) is 29.1 Å². The van der Waals surface area contributed by atoms with E-state index in [-0.39, 0.29) is 27.7 Å². The Bertz CT molecular complexity index is 1510. The molecule has 2 N–H and O–H groups in total. The van der Waals surface area contributed by atoms with Gasteiger partial charge in [-0.15, -0.1) is 0 Å². The summed E-state index contributed by atoms with van der Waals surface area (Å²) in [6.07, 6.45) is 1.34. The Kier molecular flexibility index (Phi) is 5.37. The first-order chi connectivity index (χ1) is 16.3. The molecule has 2 aromatic heterocycles. The van der Waals surface area contributed by atoms with Gasteiger partial charge in [0.1, 0.15) is 35.2 Å². The number of amides is 1. The second-order valence-electron chi connectivity index (χ2n) is 7.87. The summed E-state index contributed by atoms with van der Waals surface area (Å²) in [6, 6.07) is 10.0. The van der Waals surface area contributed by atoms with Crippen molar-refractivity contribution in [3.8, 4) is 5.69 Å². The van der Waals surface area contributed by atoms with Gasteiger partial charge < -0.3 is 15.5 Å². The lowest BCUT2D eigenvalue weighted by Gasteiger charge is -2.27. The summed E-state index contributed by atoms with van der Waals surface area (Å²) in [7, 11) is 1.66. The van der Waals surface area contributed by atoms with Gasteiger partial charge in [0.15, 0.2) is 0 Å². The molecule has 172 valence electrons. The molecule has 1 aliphatic rings. The third-order valence-electron chi connectivity index (χ3n) is 5.57. The van der Waals surface area contributed by atoms with Crippen molar-refractivity contribution in [2.75, 3.05) is 24.3 Å². The molecule has 0 aliphatic carbocycles. The van der Waals surface area contributed by atoms with Gasteiger partial charge >= 0.3 is 0 Å². The van der Waals surface area contributed by atoms with E-state index in [2.05, 4.69) is 25.6 Å². The molecule has 3 heterocycles. The average Bonchev–Trinajstić information content (AvgIpc) is 2.81. The average molecular weight is 480 g/mol. The van der Waals surface area contributed by atoms with Gasteiger partial charge in [-0.25, -0.2) is 19.3 Å². The SMILES string of the molecule is C[C@H](Nc1ncnc2c1C(=O)N(C)CN2)c1nc2cccc(Cl)c2c(=O)n1-c1cccc(F)c1. The molecule has 1 amide bonds.